The molecule has 0 aliphatic carbocycles. The monoisotopic (exact) mass is 252 g/mol. The standard InChI is InChI=1S/C13H11F3N2/c1-2-17-9-3-4-18-12(7-9)8-5-10(14)13(16)11(15)6-8/h3-7H,2H2,1H3,(H,17,18). The van der Waals surface area contributed by atoms with E-state index < -0.39 is 17.5 Å². The van der Waals surface area contributed by atoms with Gasteiger partial charge in [0.2, 0.25) is 0 Å². The first-order valence-corrected chi connectivity index (χ1v) is 5.46. The summed E-state index contributed by atoms with van der Waals surface area (Å²) >= 11 is 0. The highest BCUT2D eigenvalue weighted by Gasteiger charge is 2.12. The van der Waals surface area contributed by atoms with Crippen molar-refractivity contribution in [2.75, 3.05) is 11.9 Å². The van der Waals surface area contributed by atoms with Crippen LogP contribution in [0.15, 0.2) is 30.5 Å². The fraction of sp³-hybridized carbons (Fsp3) is 0.154. The Morgan fingerprint density at radius 3 is 2.39 bits per heavy atom. The van der Waals surface area contributed by atoms with Crippen LogP contribution >= 0.6 is 0 Å². The molecule has 18 heavy (non-hydrogen) atoms. The van der Waals surface area contributed by atoms with E-state index in [0.29, 0.717) is 5.69 Å². The number of hydrogen-bond acceptors (Lipinski definition) is 2. The Kier molecular flexibility index (Phi) is 3.50. The predicted octanol–water partition coefficient (Wildman–Crippen LogP) is 3.60. The van der Waals surface area contributed by atoms with Crippen LogP contribution in [0.25, 0.3) is 11.3 Å². The first-order chi connectivity index (χ1) is 8.61. The van der Waals surface area contributed by atoms with Crippen molar-refractivity contribution in [2.24, 2.45) is 0 Å². The number of benzene rings is 1. The molecular formula is C13H11F3N2. The summed E-state index contributed by atoms with van der Waals surface area (Å²) in [5.74, 6) is -3.91. The molecule has 0 aliphatic heterocycles. The second-order valence-electron chi connectivity index (χ2n) is 3.71. The van der Waals surface area contributed by atoms with Crippen molar-refractivity contribution in [1.29, 1.82) is 0 Å². The van der Waals surface area contributed by atoms with Crippen LogP contribution in [0, 0.1) is 17.5 Å². The number of halogens is 3. The van der Waals surface area contributed by atoms with E-state index in [0.717, 1.165) is 24.4 Å². The van der Waals surface area contributed by atoms with E-state index in [-0.39, 0.29) is 5.56 Å². The lowest BCUT2D eigenvalue weighted by atomic mass is 10.1. The lowest BCUT2D eigenvalue weighted by Crippen LogP contribution is -1.98. The first kappa shape index (κ1) is 12.4. The quantitative estimate of drug-likeness (QED) is 0.844. The number of hydrogen-bond donors (Lipinski definition) is 1. The van der Waals surface area contributed by atoms with E-state index in [2.05, 4.69) is 10.3 Å². The number of rotatable bonds is 3. The van der Waals surface area contributed by atoms with Gasteiger partial charge in [0.05, 0.1) is 5.69 Å². The molecule has 1 heterocycles. The molecule has 2 aromatic rings. The third-order valence-electron chi connectivity index (χ3n) is 2.42. The van der Waals surface area contributed by atoms with Gasteiger partial charge in [-0.05, 0) is 31.2 Å². The lowest BCUT2D eigenvalue weighted by molar-refractivity contribution is 0.447. The van der Waals surface area contributed by atoms with Gasteiger partial charge in [0.15, 0.2) is 17.5 Å². The van der Waals surface area contributed by atoms with Gasteiger partial charge in [0.25, 0.3) is 0 Å². The van der Waals surface area contributed by atoms with Crippen molar-refractivity contribution < 1.29 is 13.2 Å². The SMILES string of the molecule is CCNc1ccnc(-c2cc(F)c(F)c(F)c2)c1. The van der Waals surface area contributed by atoms with Crippen LogP contribution in [0.5, 0.6) is 0 Å². The van der Waals surface area contributed by atoms with Gasteiger partial charge in [-0.1, -0.05) is 0 Å². The van der Waals surface area contributed by atoms with Crippen molar-refractivity contribution in [3.05, 3.63) is 47.9 Å². The summed E-state index contributed by atoms with van der Waals surface area (Å²) in [6.07, 6.45) is 1.52. The summed E-state index contributed by atoms with van der Waals surface area (Å²) in [5.41, 5.74) is 1.37. The topological polar surface area (TPSA) is 24.9 Å². The van der Waals surface area contributed by atoms with Crippen molar-refractivity contribution in [2.45, 2.75) is 6.92 Å². The van der Waals surface area contributed by atoms with Gasteiger partial charge >= 0.3 is 0 Å². The average Bonchev–Trinajstić information content (AvgIpc) is 2.36. The van der Waals surface area contributed by atoms with Crippen molar-refractivity contribution in [1.82, 2.24) is 4.98 Å². The first-order valence-electron chi connectivity index (χ1n) is 5.46. The average molecular weight is 252 g/mol. The second kappa shape index (κ2) is 5.08. The minimum atomic E-state index is -1.47. The van der Waals surface area contributed by atoms with E-state index in [1.54, 1.807) is 12.1 Å². The van der Waals surface area contributed by atoms with Crippen LogP contribution in [0.1, 0.15) is 6.92 Å². The van der Waals surface area contributed by atoms with Crippen LogP contribution < -0.4 is 5.32 Å². The molecule has 2 nitrogen and oxygen atoms in total. The number of pyridine rings is 1. The highest BCUT2D eigenvalue weighted by molar-refractivity contribution is 5.64. The van der Waals surface area contributed by atoms with E-state index >= 15 is 0 Å². The van der Waals surface area contributed by atoms with Crippen molar-refractivity contribution >= 4 is 5.69 Å². The van der Waals surface area contributed by atoms with Gasteiger partial charge in [-0.25, -0.2) is 13.2 Å². The molecule has 0 radical (unpaired) electrons. The zero-order valence-electron chi connectivity index (χ0n) is 9.67. The van der Waals surface area contributed by atoms with E-state index in [1.807, 2.05) is 6.92 Å². The minimum Gasteiger partial charge on any atom is -0.385 e. The predicted molar refractivity (Wildman–Crippen MR) is 63.7 cm³/mol. The fourth-order valence-corrected chi connectivity index (χ4v) is 1.61. The van der Waals surface area contributed by atoms with Gasteiger partial charge < -0.3 is 5.32 Å². The summed E-state index contributed by atoms with van der Waals surface area (Å²) in [4.78, 5) is 4.01. The highest BCUT2D eigenvalue weighted by Crippen LogP contribution is 2.23. The molecule has 0 saturated carbocycles. The minimum absolute atomic E-state index is 0.200. The zero-order chi connectivity index (χ0) is 13.1. The molecule has 0 atom stereocenters. The molecule has 1 aromatic heterocycles. The Morgan fingerprint density at radius 2 is 1.78 bits per heavy atom. The maximum absolute atomic E-state index is 13.1. The van der Waals surface area contributed by atoms with Crippen LogP contribution in [-0.2, 0) is 0 Å². The summed E-state index contributed by atoms with van der Waals surface area (Å²) < 4.78 is 39.1. The fourth-order valence-electron chi connectivity index (χ4n) is 1.61. The summed E-state index contributed by atoms with van der Waals surface area (Å²) in [6, 6.07) is 5.24. The van der Waals surface area contributed by atoms with E-state index in [4.69, 9.17) is 0 Å². The Morgan fingerprint density at radius 1 is 1.11 bits per heavy atom. The van der Waals surface area contributed by atoms with Gasteiger partial charge in [-0.3, -0.25) is 4.98 Å². The van der Waals surface area contributed by atoms with Crippen LogP contribution in [0.4, 0.5) is 18.9 Å². The maximum Gasteiger partial charge on any atom is 0.194 e. The van der Waals surface area contributed by atoms with Gasteiger partial charge in [0, 0.05) is 24.0 Å². The Balaban J connectivity index is 2.45. The van der Waals surface area contributed by atoms with E-state index in [1.165, 1.54) is 6.20 Å². The number of nitrogens with zero attached hydrogens (tertiary/aromatic N) is 1. The van der Waals surface area contributed by atoms with Crippen LogP contribution in [0.3, 0.4) is 0 Å². The van der Waals surface area contributed by atoms with Crippen molar-refractivity contribution in [3.8, 4) is 11.3 Å². The third kappa shape index (κ3) is 2.45. The highest BCUT2D eigenvalue weighted by atomic mass is 19.2. The molecule has 0 spiro atoms. The largest absolute Gasteiger partial charge is 0.385 e. The van der Waals surface area contributed by atoms with Gasteiger partial charge in [0.1, 0.15) is 0 Å². The molecule has 5 heteroatoms. The van der Waals surface area contributed by atoms with Crippen molar-refractivity contribution in [3.63, 3.8) is 0 Å². The lowest BCUT2D eigenvalue weighted by Gasteiger charge is -2.06. The normalized spacial score (nSPS) is 10.4. The Bertz CT molecular complexity index is 547. The Labute approximate surface area is 102 Å². The zero-order valence-corrected chi connectivity index (χ0v) is 9.67. The maximum atomic E-state index is 13.1. The molecule has 0 fully saturated rings. The van der Waals surface area contributed by atoms with Crippen LogP contribution in [-0.4, -0.2) is 11.5 Å². The summed E-state index contributed by atoms with van der Waals surface area (Å²) in [6.45, 7) is 2.65. The molecule has 2 rings (SSSR count). The molecule has 0 unspecified atom stereocenters. The van der Waals surface area contributed by atoms with E-state index in [9.17, 15) is 13.2 Å². The van der Waals surface area contributed by atoms with Gasteiger partial charge in [-0.15, -0.1) is 0 Å². The Hall–Kier alpha value is -2.04. The molecular weight excluding hydrogens is 241 g/mol. The number of nitrogens with one attached hydrogen (secondary N) is 1. The third-order valence-corrected chi connectivity index (χ3v) is 2.42. The molecule has 0 bridgehead atoms. The smallest absolute Gasteiger partial charge is 0.194 e. The molecule has 0 amide bonds. The van der Waals surface area contributed by atoms with Gasteiger partial charge in [-0.2, -0.15) is 0 Å². The van der Waals surface area contributed by atoms with Crippen LogP contribution in [0.2, 0.25) is 0 Å². The molecule has 1 N–H and O–H groups in total. The molecule has 94 valence electrons. The second-order valence-corrected chi connectivity index (χ2v) is 3.71. The summed E-state index contributed by atoms with van der Waals surface area (Å²) in [7, 11) is 0. The number of anilines is 1. The molecule has 0 saturated heterocycles. The summed E-state index contributed by atoms with van der Waals surface area (Å²) in [5, 5.41) is 3.06. The molecule has 0 aliphatic rings. The molecule has 1 aromatic carbocycles. The number of aromatic nitrogens is 1.